The number of benzene rings is 4. The maximum absolute atomic E-state index is 6.24. The molecule has 0 saturated heterocycles. The van der Waals surface area contributed by atoms with E-state index in [-0.39, 0.29) is 5.92 Å². The third-order valence-corrected chi connectivity index (χ3v) is 12.8. The van der Waals surface area contributed by atoms with Crippen LogP contribution in [0.5, 0.6) is 0 Å². The molecule has 1 unspecified atom stereocenters. The Balaban J connectivity index is 1.01. The lowest BCUT2D eigenvalue weighted by Crippen LogP contribution is -2.12. The third-order valence-electron chi connectivity index (χ3n) is 12.8. The van der Waals surface area contributed by atoms with E-state index < -0.39 is 0 Å². The number of pyridine rings is 5. The highest BCUT2D eigenvalue weighted by atomic mass is 16.3. The number of fused-ring (bicyclic) bond motifs is 9. The molecule has 0 saturated carbocycles. The van der Waals surface area contributed by atoms with Crippen LogP contribution in [0.25, 0.3) is 117 Å². The van der Waals surface area contributed by atoms with Gasteiger partial charge in [-0.05, 0) is 90.4 Å². The number of hydrogen-bond donors (Lipinski definition) is 0. The SMILES string of the molecule is CC1CC(n2c3ccc(-c4cncc(-c5ccccc5)c4)nc3c3nc(-c4cncc(-c5ccccc5)c4)ccc32)=Cc2c1n(-c1ccc3oc4ccccc4c3c1)c1ccncc21. The zero-order chi connectivity index (χ0) is 42.3. The van der Waals surface area contributed by atoms with Gasteiger partial charge in [0.1, 0.15) is 22.2 Å². The van der Waals surface area contributed by atoms with Crippen LogP contribution in [-0.4, -0.2) is 34.1 Å². The largest absolute Gasteiger partial charge is 0.456 e. The van der Waals surface area contributed by atoms with Crippen molar-refractivity contribution in [2.75, 3.05) is 0 Å². The molecule has 8 heteroatoms. The summed E-state index contributed by atoms with van der Waals surface area (Å²) in [4.78, 5) is 24.8. The molecule has 0 fully saturated rings. The molecular weight excluding hydrogens is 787 g/mol. The molecular formula is C56H37N7O. The molecule has 8 heterocycles. The highest BCUT2D eigenvalue weighted by molar-refractivity contribution is 6.09. The fourth-order valence-corrected chi connectivity index (χ4v) is 9.85. The summed E-state index contributed by atoms with van der Waals surface area (Å²) in [5.41, 5.74) is 19.1. The summed E-state index contributed by atoms with van der Waals surface area (Å²) < 4.78 is 11.0. The van der Waals surface area contributed by atoms with E-state index in [2.05, 4.69) is 158 Å². The van der Waals surface area contributed by atoms with Crippen LogP contribution in [0.3, 0.4) is 0 Å². The minimum atomic E-state index is 0.157. The zero-order valence-electron chi connectivity index (χ0n) is 34.7. The lowest BCUT2D eigenvalue weighted by molar-refractivity contribution is 0.668. The molecule has 4 aromatic carbocycles. The van der Waals surface area contributed by atoms with Crippen LogP contribution >= 0.6 is 0 Å². The van der Waals surface area contributed by atoms with Gasteiger partial charge in [0.05, 0.1) is 27.9 Å². The second kappa shape index (κ2) is 14.3. The van der Waals surface area contributed by atoms with E-state index in [0.717, 1.165) is 112 Å². The summed E-state index contributed by atoms with van der Waals surface area (Å²) in [6.45, 7) is 2.33. The van der Waals surface area contributed by atoms with Crippen molar-refractivity contribution in [3.05, 3.63) is 194 Å². The highest BCUT2D eigenvalue weighted by Crippen LogP contribution is 2.45. The molecule has 64 heavy (non-hydrogen) atoms. The number of furan rings is 1. The van der Waals surface area contributed by atoms with E-state index in [0.29, 0.717) is 0 Å². The number of allylic oxidation sites excluding steroid dienone is 1. The Morgan fingerprint density at radius 1 is 0.484 bits per heavy atom. The van der Waals surface area contributed by atoms with Crippen molar-refractivity contribution in [3.8, 4) is 50.5 Å². The summed E-state index contributed by atoms with van der Waals surface area (Å²) in [5, 5.41) is 3.32. The van der Waals surface area contributed by atoms with Crippen molar-refractivity contribution in [3.63, 3.8) is 0 Å². The van der Waals surface area contributed by atoms with Gasteiger partial charge in [0.25, 0.3) is 0 Å². The molecule has 0 radical (unpaired) electrons. The van der Waals surface area contributed by atoms with E-state index in [1.54, 1.807) is 0 Å². The molecule has 1 atom stereocenters. The molecule has 1 aliphatic carbocycles. The van der Waals surface area contributed by atoms with E-state index in [1.807, 2.05) is 61.4 Å². The Morgan fingerprint density at radius 2 is 1.09 bits per heavy atom. The number of nitrogens with zero attached hydrogens (tertiary/aromatic N) is 7. The van der Waals surface area contributed by atoms with E-state index >= 15 is 0 Å². The normalized spacial score (nSPS) is 13.9. The molecule has 302 valence electrons. The smallest absolute Gasteiger partial charge is 0.135 e. The number of hydrogen-bond acceptors (Lipinski definition) is 6. The van der Waals surface area contributed by atoms with Gasteiger partial charge in [0, 0.05) is 104 Å². The van der Waals surface area contributed by atoms with Gasteiger partial charge in [-0.3, -0.25) is 15.0 Å². The Hall–Kier alpha value is -8.49. The molecule has 0 bridgehead atoms. The van der Waals surface area contributed by atoms with Crippen molar-refractivity contribution in [1.82, 2.24) is 34.1 Å². The van der Waals surface area contributed by atoms with Gasteiger partial charge >= 0.3 is 0 Å². The first-order chi connectivity index (χ1) is 31.6. The van der Waals surface area contributed by atoms with Crippen molar-refractivity contribution < 1.29 is 4.42 Å². The van der Waals surface area contributed by atoms with Crippen molar-refractivity contribution in [1.29, 1.82) is 0 Å². The first-order valence-electron chi connectivity index (χ1n) is 21.6. The van der Waals surface area contributed by atoms with E-state index in [1.165, 1.54) is 17.0 Å². The van der Waals surface area contributed by atoms with Crippen molar-refractivity contribution in [2.24, 2.45) is 0 Å². The summed E-state index contributed by atoms with van der Waals surface area (Å²) in [7, 11) is 0. The molecule has 1 aliphatic rings. The molecule has 0 spiro atoms. The average molecular weight is 824 g/mol. The Kier molecular flexibility index (Phi) is 8.08. The molecule has 0 aliphatic heterocycles. The molecule has 13 rings (SSSR count). The second-order valence-corrected chi connectivity index (χ2v) is 16.7. The summed E-state index contributed by atoms with van der Waals surface area (Å²) in [5.74, 6) is 0.157. The van der Waals surface area contributed by atoms with Crippen LogP contribution in [0.2, 0.25) is 0 Å². The first-order valence-corrected chi connectivity index (χ1v) is 21.6. The fourth-order valence-electron chi connectivity index (χ4n) is 9.85. The first kappa shape index (κ1) is 36.2. The predicted molar refractivity (Wildman–Crippen MR) is 258 cm³/mol. The summed E-state index contributed by atoms with van der Waals surface area (Å²) in [6, 6.07) is 50.6. The van der Waals surface area contributed by atoms with Gasteiger partial charge in [-0.1, -0.05) is 85.8 Å². The number of aromatic nitrogens is 7. The average Bonchev–Trinajstić information content (AvgIpc) is 4.02. The van der Waals surface area contributed by atoms with Crippen molar-refractivity contribution >= 4 is 66.7 Å². The van der Waals surface area contributed by atoms with Crippen LogP contribution in [0, 0.1) is 0 Å². The van der Waals surface area contributed by atoms with Crippen LogP contribution < -0.4 is 0 Å². The molecule has 0 N–H and O–H groups in total. The lowest BCUT2D eigenvalue weighted by atomic mass is 9.90. The van der Waals surface area contributed by atoms with Crippen LogP contribution in [0.1, 0.15) is 30.5 Å². The van der Waals surface area contributed by atoms with Gasteiger partial charge < -0.3 is 13.6 Å². The Labute approximate surface area is 367 Å². The van der Waals surface area contributed by atoms with Gasteiger partial charge in [-0.2, -0.15) is 0 Å². The standard InChI is InChI=1S/C56H37N7O/c1-34-24-42(28-45-46-33-57-23-22-49(46)63(56(34)45)41-16-21-53-44(27-41)43-14-8-9-15-52(43)64-53)62-50-19-17-47(39-25-37(29-58-31-39)35-10-4-2-5-11-35)60-54(50)55-51(62)20-18-48(61-55)40-26-38(30-59-32-40)36-12-6-3-7-13-36/h2-23,25-34H,24H2,1H3. The second-order valence-electron chi connectivity index (χ2n) is 16.7. The molecule has 0 amide bonds. The predicted octanol–water partition coefficient (Wildman–Crippen LogP) is 13.8. The number of rotatable bonds is 6. The van der Waals surface area contributed by atoms with Gasteiger partial charge in [0.2, 0.25) is 0 Å². The monoisotopic (exact) mass is 823 g/mol. The van der Waals surface area contributed by atoms with Gasteiger partial charge in [0.15, 0.2) is 0 Å². The highest BCUT2D eigenvalue weighted by Gasteiger charge is 2.29. The third kappa shape index (κ3) is 5.73. The van der Waals surface area contributed by atoms with Crippen LogP contribution in [0.15, 0.2) is 187 Å². The topological polar surface area (TPSA) is 87.5 Å². The lowest BCUT2D eigenvalue weighted by Gasteiger charge is -2.25. The maximum Gasteiger partial charge on any atom is 0.135 e. The van der Waals surface area contributed by atoms with Gasteiger partial charge in [-0.15, -0.1) is 0 Å². The molecule has 12 aromatic rings. The van der Waals surface area contributed by atoms with Crippen LogP contribution in [-0.2, 0) is 0 Å². The minimum Gasteiger partial charge on any atom is -0.456 e. The molecule has 8 aromatic heterocycles. The summed E-state index contributed by atoms with van der Waals surface area (Å²) in [6.07, 6.45) is 14.6. The van der Waals surface area contributed by atoms with E-state index in [4.69, 9.17) is 14.4 Å². The van der Waals surface area contributed by atoms with Crippen molar-refractivity contribution in [2.45, 2.75) is 19.3 Å². The number of para-hydroxylation sites is 1. The van der Waals surface area contributed by atoms with E-state index in [9.17, 15) is 0 Å². The fraction of sp³-hybridized carbons (Fsp3) is 0.0536. The Bertz CT molecular complexity index is 3700. The van der Waals surface area contributed by atoms with Crippen LogP contribution in [0.4, 0.5) is 0 Å². The quantitative estimate of drug-likeness (QED) is 0.166. The van der Waals surface area contributed by atoms with Gasteiger partial charge in [-0.25, -0.2) is 9.97 Å². The Morgan fingerprint density at radius 3 is 1.77 bits per heavy atom. The maximum atomic E-state index is 6.24. The zero-order valence-corrected chi connectivity index (χ0v) is 34.7. The molecule has 8 nitrogen and oxygen atoms in total. The summed E-state index contributed by atoms with van der Waals surface area (Å²) >= 11 is 0. The minimum absolute atomic E-state index is 0.157.